The molecule has 2 rings (SSSR count). The van der Waals surface area contributed by atoms with Crippen LogP contribution in [0.1, 0.15) is 54.4 Å². The molecule has 0 unspecified atom stereocenters. The molecule has 234 valence electrons. The van der Waals surface area contributed by atoms with Crippen molar-refractivity contribution in [2.45, 2.75) is 74.0 Å². The third kappa shape index (κ3) is 36.1. The molecule has 0 fully saturated rings. The van der Waals surface area contributed by atoms with Crippen LogP contribution in [0.2, 0.25) is 0 Å². The largest absolute Gasteiger partial charge is 0.396 e. The summed E-state index contributed by atoms with van der Waals surface area (Å²) in [4.78, 5) is 8.55. The van der Waals surface area contributed by atoms with E-state index in [2.05, 4.69) is 95.0 Å². The molecule has 0 amide bonds. The quantitative estimate of drug-likeness (QED) is 0.0893. The van der Waals surface area contributed by atoms with Crippen LogP contribution in [0.5, 0.6) is 0 Å². The van der Waals surface area contributed by atoms with Crippen LogP contribution in [0.4, 0.5) is 0 Å². The van der Waals surface area contributed by atoms with Crippen LogP contribution in [-0.2, 0) is 114 Å². The van der Waals surface area contributed by atoms with E-state index in [4.69, 9.17) is 15.1 Å². The number of aliphatic hydroxyl groups excluding tert-OH is 1. The Kier molecular flexibility index (Phi) is 44.4. The Hall–Kier alpha value is 3.21. The van der Waals surface area contributed by atoms with Crippen LogP contribution >= 0.6 is 47.0 Å². The van der Waals surface area contributed by atoms with Gasteiger partial charge in [0.15, 0.2) is 0 Å². The Morgan fingerprint density at radius 3 is 1.19 bits per heavy atom. The van der Waals surface area contributed by atoms with Crippen LogP contribution in [0.15, 0.2) is 68.1 Å². The summed E-state index contributed by atoms with van der Waals surface area (Å²) >= 11 is 7.45. The van der Waals surface area contributed by atoms with E-state index in [0.29, 0.717) is 10.8 Å². The van der Waals surface area contributed by atoms with Gasteiger partial charge in [0, 0.05) is 143 Å². The molecule has 0 aliphatic carbocycles. The molecule has 0 aromatic heterocycles. The minimum atomic E-state index is 0. The molecule has 0 radical (unpaired) electrons. The van der Waals surface area contributed by atoms with Gasteiger partial charge in [0.05, 0.1) is 20.3 Å². The summed E-state index contributed by atoms with van der Waals surface area (Å²) in [6.45, 7) is 14.8. The molecule has 0 aliphatic rings. The Morgan fingerprint density at radius 2 is 0.905 bits per heavy atom. The first-order valence-corrected chi connectivity index (χ1v) is 16.9. The van der Waals surface area contributed by atoms with Gasteiger partial charge in [-0.1, -0.05) is 53.7 Å². The third-order valence-electron chi connectivity index (χ3n) is 4.77. The molecule has 0 spiro atoms. The molecular weight excluding hydrogens is 917 g/mol. The summed E-state index contributed by atoms with van der Waals surface area (Å²) in [5.41, 5.74) is 0.841. The van der Waals surface area contributed by atoms with Crippen LogP contribution in [0, 0.1) is 10.8 Å². The molecule has 0 atom stereocenters. The SMILES string of the molecule is CC(C)(C)CCSc1cccc(SCCO)c1.COCCSc1cccc(SCCC(C)(C)C)c1.COO.[Zr].[Zr].[Zr].[Zr]. The summed E-state index contributed by atoms with van der Waals surface area (Å²) < 4.78 is 5.07. The molecule has 2 aromatic rings. The molecule has 0 saturated heterocycles. The molecule has 42 heavy (non-hydrogen) atoms. The number of ether oxygens (including phenoxy) is 1. The first-order chi connectivity index (χ1) is 17.9. The first kappa shape index (κ1) is 54.7. The van der Waals surface area contributed by atoms with Crippen molar-refractivity contribution in [3.63, 3.8) is 0 Å². The van der Waals surface area contributed by atoms with Crippen molar-refractivity contribution in [3.05, 3.63) is 48.5 Å². The van der Waals surface area contributed by atoms with E-state index in [1.807, 2.05) is 35.3 Å². The van der Waals surface area contributed by atoms with Crippen molar-refractivity contribution in [2.75, 3.05) is 50.4 Å². The van der Waals surface area contributed by atoms with E-state index in [9.17, 15) is 0 Å². The van der Waals surface area contributed by atoms with Crippen LogP contribution in [-0.4, -0.2) is 60.8 Å². The normalized spacial score (nSPS) is 10.2. The Balaban J connectivity index is -0.000000183. The van der Waals surface area contributed by atoms with Crippen LogP contribution in [0.25, 0.3) is 0 Å². The number of thioether (sulfide) groups is 4. The van der Waals surface area contributed by atoms with E-state index in [-0.39, 0.29) is 111 Å². The Morgan fingerprint density at radius 1 is 0.595 bits per heavy atom. The van der Waals surface area contributed by atoms with Gasteiger partial charge in [-0.3, -0.25) is 5.26 Å². The number of hydrogen-bond donors (Lipinski definition) is 2. The number of methoxy groups -OCH3 is 1. The predicted molar refractivity (Wildman–Crippen MR) is 173 cm³/mol. The third-order valence-corrected chi connectivity index (χ3v) is 8.69. The first-order valence-electron chi connectivity index (χ1n) is 12.9. The smallest absolute Gasteiger partial charge is 0.0710 e. The molecular formula is C30H50O4S4Zr4. The van der Waals surface area contributed by atoms with Crippen LogP contribution < -0.4 is 0 Å². The van der Waals surface area contributed by atoms with Crippen molar-refractivity contribution in [1.82, 2.24) is 0 Å². The van der Waals surface area contributed by atoms with Gasteiger partial charge >= 0.3 is 0 Å². The zero-order chi connectivity index (χ0) is 28.9. The second-order valence-electron chi connectivity index (χ2n) is 10.9. The molecule has 0 heterocycles. The number of aliphatic hydroxyl groups is 1. The fourth-order valence-corrected chi connectivity index (χ4v) is 7.07. The molecule has 0 bridgehead atoms. The van der Waals surface area contributed by atoms with Gasteiger partial charge < -0.3 is 9.84 Å². The topological polar surface area (TPSA) is 58.9 Å². The molecule has 0 aliphatic heterocycles. The van der Waals surface area contributed by atoms with Gasteiger partial charge in [-0.25, -0.2) is 4.89 Å². The van der Waals surface area contributed by atoms with Gasteiger partial charge in [-0.15, -0.1) is 47.0 Å². The Bertz CT molecular complexity index is 855. The average molecular weight is 968 g/mol. The summed E-state index contributed by atoms with van der Waals surface area (Å²) in [6.07, 6.45) is 2.48. The van der Waals surface area contributed by atoms with Crippen molar-refractivity contribution < 1.29 is 125 Å². The van der Waals surface area contributed by atoms with Crippen molar-refractivity contribution >= 4 is 47.0 Å². The maximum absolute atomic E-state index is 8.80. The maximum Gasteiger partial charge on any atom is 0.0710 e. The molecule has 4 nitrogen and oxygen atoms in total. The van der Waals surface area contributed by atoms with Crippen molar-refractivity contribution in [3.8, 4) is 0 Å². The number of rotatable bonds is 13. The predicted octanol–water partition coefficient (Wildman–Crippen LogP) is 9.35. The van der Waals surface area contributed by atoms with Gasteiger partial charge in [-0.2, -0.15) is 0 Å². The van der Waals surface area contributed by atoms with Crippen molar-refractivity contribution in [1.29, 1.82) is 0 Å². The second kappa shape index (κ2) is 34.1. The van der Waals surface area contributed by atoms with Gasteiger partial charge in [0.1, 0.15) is 0 Å². The number of benzene rings is 2. The monoisotopic (exact) mass is 962 g/mol. The van der Waals surface area contributed by atoms with E-state index >= 15 is 0 Å². The fraction of sp³-hybridized carbons (Fsp3) is 0.600. The summed E-state index contributed by atoms with van der Waals surface area (Å²) in [6, 6.07) is 17.4. The van der Waals surface area contributed by atoms with E-state index in [0.717, 1.165) is 23.9 Å². The summed E-state index contributed by atoms with van der Waals surface area (Å²) in [7, 11) is 2.93. The number of hydrogen-bond acceptors (Lipinski definition) is 8. The summed E-state index contributed by atoms with van der Waals surface area (Å²) in [5.74, 6) is 4.15. The molecule has 2 N–H and O–H groups in total. The van der Waals surface area contributed by atoms with Crippen molar-refractivity contribution in [2.24, 2.45) is 10.8 Å². The van der Waals surface area contributed by atoms with E-state index < -0.39 is 0 Å². The zero-order valence-corrected chi connectivity index (χ0v) is 39.7. The van der Waals surface area contributed by atoms with Gasteiger partial charge in [-0.05, 0) is 71.6 Å². The zero-order valence-electron chi connectivity index (χ0n) is 26.6. The molecule has 2 aromatic carbocycles. The maximum atomic E-state index is 8.80. The fourth-order valence-electron chi connectivity index (χ4n) is 2.66. The van der Waals surface area contributed by atoms with E-state index in [1.54, 1.807) is 18.9 Å². The van der Waals surface area contributed by atoms with E-state index in [1.165, 1.54) is 45.3 Å². The van der Waals surface area contributed by atoms with Gasteiger partial charge in [0.25, 0.3) is 0 Å². The Labute approximate surface area is 350 Å². The minimum Gasteiger partial charge on any atom is -0.396 e. The van der Waals surface area contributed by atoms with Crippen LogP contribution in [0.3, 0.4) is 0 Å². The molecule has 12 heteroatoms. The minimum absolute atomic E-state index is 0. The second-order valence-corrected chi connectivity index (χ2v) is 15.5. The molecule has 0 saturated carbocycles. The summed E-state index contributed by atoms with van der Waals surface area (Å²) in [5, 5.41) is 15.9. The van der Waals surface area contributed by atoms with Gasteiger partial charge in [0.2, 0.25) is 0 Å². The average Bonchev–Trinajstić information content (AvgIpc) is 2.83. The standard InChI is InChI=1S/C15H24OS2.C14H22OS2.CH4O2.4Zr/c1-15(2,3)8-10-17-13-6-5-7-14(12-13)18-11-9-16-4;1-14(2,3)7-9-16-12-5-4-6-13(11-12)17-10-8-15;1-3-2;;;;/h5-7,12H,8-11H2,1-4H3;4-6,11,15H,7-10H2,1-3H3;2H,1H3;;;;.